The van der Waals surface area contributed by atoms with Crippen LogP contribution in [0.1, 0.15) is 12.6 Å². The van der Waals surface area contributed by atoms with Crippen molar-refractivity contribution < 1.29 is 9.47 Å². The Labute approximate surface area is 107 Å². The molecule has 0 spiro atoms. The molecule has 1 N–H and O–H groups in total. The Balaban J connectivity index is 2.76. The second kappa shape index (κ2) is 7.42. The van der Waals surface area contributed by atoms with Crippen LogP contribution >= 0.6 is 11.6 Å². The second-order valence-corrected chi connectivity index (χ2v) is 3.97. The van der Waals surface area contributed by atoms with E-state index in [1.165, 1.54) is 7.11 Å². The van der Waals surface area contributed by atoms with Crippen molar-refractivity contribution in [1.29, 1.82) is 0 Å². The molecule has 6 heteroatoms. The second-order valence-electron chi connectivity index (χ2n) is 3.57. The Kier molecular flexibility index (Phi) is 6.18. The minimum Gasteiger partial charge on any atom is -0.467 e. The van der Waals surface area contributed by atoms with Gasteiger partial charge in [0.05, 0.1) is 30.6 Å². The maximum atomic E-state index is 6.05. The zero-order valence-electron chi connectivity index (χ0n) is 10.4. The van der Waals surface area contributed by atoms with Crippen molar-refractivity contribution in [2.24, 2.45) is 0 Å². The van der Waals surface area contributed by atoms with Crippen molar-refractivity contribution in [3.8, 4) is 6.01 Å². The van der Waals surface area contributed by atoms with E-state index in [4.69, 9.17) is 21.1 Å². The third-order valence-corrected chi connectivity index (χ3v) is 2.59. The maximum Gasteiger partial charge on any atom is 0.316 e. The highest BCUT2D eigenvalue weighted by molar-refractivity contribution is 6.31. The lowest BCUT2D eigenvalue weighted by atomic mass is 10.1. The van der Waals surface area contributed by atoms with E-state index in [0.29, 0.717) is 24.1 Å². The number of halogens is 1. The fraction of sp³-hybridized carbons (Fsp3) is 0.636. The van der Waals surface area contributed by atoms with Crippen molar-refractivity contribution in [3.05, 3.63) is 16.9 Å². The van der Waals surface area contributed by atoms with E-state index in [0.717, 1.165) is 12.2 Å². The number of likely N-dealkylation sites (N-methyl/N-ethyl adjacent to an activating group) is 1. The molecule has 1 rings (SSSR count). The van der Waals surface area contributed by atoms with E-state index < -0.39 is 0 Å². The first-order chi connectivity index (χ1) is 8.21. The number of nitrogens with one attached hydrogen (secondary N) is 1. The summed E-state index contributed by atoms with van der Waals surface area (Å²) >= 11 is 6.05. The zero-order valence-corrected chi connectivity index (χ0v) is 11.1. The first kappa shape index (κ1) is 14.2. The standard InChI is InChI=1S/C11H18ClN3O2/c1-4-13-8(7-16-2)5-10-9(12)6-14-11(15-10)17-3/h6,8,13H,4-5,7H2,1-3H3. The molecule has 0 fully saturated rings. The minimum absolute atomic E-state index is 0.183. The lowest BCUT2D eigenvalue weighted by Gasteiger charge is -2.17. The summed E-state index contributed by atoms with van der Waals surface area (Å²) in [6, 6.07) is 0.513. The van der Waals surface area contributed by atoms with Gasteiger partial charge in [-0.3, -0.25) is 0 Å². The molecule has 96 valence electrons. The van der Waals surface area contributed by atoms with Crippen LogP contribution in [-0.4, -0.2) is 43.4 Å². The predicted octanol–water partition coefficient (Wildman–Crippen LogP) is 1.31. The van der Waals surface area contributed by atoms with Gasteiger partial charge in [-0.25, -0.2) is 4.98 Å². The highest BCUT2D eigenvalue weighted by Crippen LogP contribution is 2.16. The normalized spacial score (nSPS) is 12.5. The van der Waals surface area contributed by atoms with Gasteiger partial charge in [-0.15, -0.1) is 0 Å². The number of methoxy groups -OCH3 is 2. The molecule has 0 aromatic carbocycles. The highest BCUT2D eigenvalue weighted by atomic mass is 35.5. The van der Waals surface area contributed by atoms with Crippen LogP contribution < -0.4 is 10.1 Å². The Hall–Kier alpha value is -0.910. The van der Waals surface area contributed by atoms with Gasteiger partial charge in [-0.2, -0.15) is 4.98 Å². The molecule has 1 aromatic heterocycles. The monoisotopic (exact) mass is 259 g/mol. The zero-order chi connectivity index (χ0) is 12.7. The van der Waals surface area contributed by atoms with Crippen molar-refractivity contribution in [1.82, 2.24) is 15.3 Å². The minimum atomic E-state index is 0.183. The molecule has 0 amide bonds. The molecule has 0 saturated heterocycles. The molecule has 17 heavy (non-hydrogen) atoms. The number of rotatable bonds is 7. The fourth-order valence-corrected chi connectivity index (χ4v) is 1.71. The van der Waals surface area contributed by atoms with Gasteiger partial charge >= 0.3 is 6.01 Å². The number of ether oxygens (including phenoxy) is 2. The molecule has 0 radical (unpaired) electrons. The van der Waals surface area contributed by atoms with E-state index in [-0.39, 0.29) is 6.04 Å². The topological polar surface area (TPSA) is 56.3 Å². The van der Waals surface area contributed by atoms with E-state index in [9.17, 15) is 0 Å². The van der Waals surface area contributed by atoms with Gasteiger partial charge in [0.25, 0.3) is 0 Å². The number of nitrogens with zero attached hydrogens (tertiary/aromatic N) is 2. The summed E-state index contributed by atoms with van der Waals surface area (Å²) in [5, 5.41) is 3.86. The molecule has 0 aliphatic heterocycles. The maximum absolute atomic E-state index is 6.05. The summed E-state index contributed by atoms with van der Waals surface area (Å²) in [6.07, 6.45) is 2.23. The molecular weight excluding hydrogens is 242 g/mol. The van der Waals surface area contributed by atoms with Gasteiger partial charge in [0, 0.05) is 19.6 Å². The Morgan fingerprint density at radius 2 is 2.24 bits per heavy atom. The molecule has 1 unspecified atom stereocenters. The predicted molar refractivity (Wildman–Crippen MR) is 66.6 cm³/mol. The number of hydrogen-bond acceptors (Lipinski definition) is 5. The van der Waals surface area contributed by atoms with Crippen molar-refractivity contribution in [2.45, 2.75) is 19.4 Å². The van der Waals surface area contributed by atoms with E-state index in [1.54, 1.807) is 13.3 Å². The molecule has 0 bridgehead atoms. The van der Waals surface area contributed by atoms with Crippen molar-refractivity contribution in [3.63, 3.8) is 0 Å². The molecule has 0 aliphatic rings. The molecule has 1 atom stereocenters. The summed E-state index contributed by atoms with van der Waals surface area (Å²) in [4.78, 5) is 8.17. The Morgan fingerprint density at radius 1 is 1.47 bits per heavy atom. The van der Waals surface area contributed by atoms with E-state index in [2.05, 4.69) is 15.3 Å². The van der Waals surface area contributed by atoms with Crippen LogP contribution in [0.25, 0.3) is 0 Å². The van der Waals surface area contributed by atoms with Crippen LogP contribution in [0, 0.1) is 0 Å². The van der Waals surface area contributed by atoms with Crippen molar-refractivity contribution >= 4 is 11.6 Å². The molecule has 0 saturated carbocycles. The summed E-state index contributed by atoms with van der Waals surface area (Å²) in [5.74, 6) is 0. The van der Waals surface area contributed by atoms with Gasteiger partial charge in [0.2, 0.25) is 0 Å². The molecule has 1 aromatic rings. The van der Waals surface area contributed by atoms with Gasteiger partial charge in [0.15, 0.2) is 0 Å². The number of aromatic nitrogens is 2. The largest absolute Gasteiger partial charge is 0.467 e. The third-order valence-electron chi connectivity index (χ3n) is 2.28. The SMILES string of the molecule is CCNC(COC)Cc1nc(OC)ncc1Cl. The van der Waals surface area contributed by atoms with E-state index in [1.807, 2.05) is 6.92 Å². The summed E-state index contributed by atoms with van der Waals surface area (Å²) < 4.78 is 10.1. The molecule has 0 aliphatic carbocycles. The van der Waals surface area contributed by atoms with Gasteiger partial charge in [-0.05, 0) is 6.54 Å². The van der Waals surface area contributed by atoms with Gasteiger partial charge in [-0.1, -0.05) is 18.5 Å². The quantitative estimate of drug-likeness (QED) is 0.800. The van der Waals surface area contributed by atoms with Crippen LogP contribution in [0.2, 0.25) is 5.02 Å². The fourth-order valence-electron chi connectivity index (χ4n) is 1.54. The number of hydrogen-bond donors (Lipinski definition) is 1. The third kappa shape index (κ3) is 4.46. The molecular formula is C11H18ClN3O2. The Morgan fingerprint density at radius 3 is 2.82 bits per heavy atom. The first-order valence-corrected chi connectivity index (χ1v) is 5.86. The molecule has 5 nitrogen and oxygen atoms in total. The summed E-state index contributed by atoms with van der Waals surface area (Å²) in [6.45, 7) is 3.52. The van der Waals surface area contributed by atoms with Gasteiger partial charge in [0.1, 0.15) is 0 Å². The smallest absolute Gasteiger partial charge is 0.316 e. The average molecular weight is 260 g/mol. The van der Waals surface area contributed by atoms with E-state index >= 15 is 0 Å². The first-order valence-electron chi connectivity index (χ1n) is 5.49. The van der Waals surface area contributed by atoms with Crippen molar-refractivity contribution in [2.75, 3.05) is 27.4 Å². The van der Waals surface area contributed by atoms with Gasteiger partial charge < -0.3 is 14.8 Å². The van der Waals surface area contributed by atoms with Crippen LogP contribution in [-0.2, 0) is 11.2 Å². The summed E-state index contributed by atoms with van der Waals surface area (Å²) in [7, 11) is 3.20. The van der Waals surface area contributed by atoms with Crippen LogP contribution in [0.5, 0.6) is 6.01 Å². The Bertz CT molecular complexity index is 343. The average Bonchev–Trinajstić information content (AvgIpc) is 2.32. The molecule has 1 heterocycles. The van der Waals surface area contributed by atoms with Crippen LogP contribution in [0.15, 0.2) is 6.20 Å². The lowest BCUT2D eigenvalue weighted by Crippen LogP contribution is -2.35. The van der Waals surface area contributed by atoms with Crippen LogP contribution in [0.4, 0.5) is 0 Å². The lowest BCUT2D eigenvalue weighted by molar-refractivity contribution is 0.166. The summed E-state index contributed by atoms with van der Waals surface area (Å²) in [5.41, 5.74) is 0.765. The highest BCUT2D eigenvalue weighted by Gasteiger charge is 2.13. The van der Waals surface area contributed by atoms with Crippen LogP contribution in [0.3, 0.4) is 0 Å².